The van der Waals surface area contributed by atoms with Crippen molar-refractivity contribution in [1.82, 2.24) is 0 Å². The second-order valence-electron chi connectivity index (χ2n) is 4.07. The summed E-state index contributed by atoms with van der Waals surface area (Å²) in [5.41, 5.74) is 1.07. The Morgan fingerprint density at radius 2 is 1.85 bits per heavy atom. The number of carbonyl (C=O) groups is 1. The van der Waals surface area contributed by atoms with Gasteiger partial charge in [-0.05, 0) is 35.4 Å². The predicted molar refractivity (Wildman–Crippen MR) is 71.9 cm³/mol. The number of carboxylic acids is 1. The number of ether oxygens (including phenoxy) is 2. The molecule has 0 amide bonds. The molecule has 0 fully saturated rings. The van der Waals surface area contributed by atoms with Crippen LogP contribution in [-0.2, 0) is 0 Å². The number of methoxy groups -OCH3 is 2. The maximum absolute atomic E-state index is 13.3. The molecule has 0 aliphatic rings. The van der Waals surface area contributed by atoms with Crippen LogP contribution in [0.15, 0.2) is 36.4 Å². The smallest absolute Gasteiger partial charge is 0.339 e. The lowest BCUT2D eigenvalue weighted by Crippen LogP contribution is -2.03. The van der Waals surface area contributed by atoms with Crippen molar-refractivity contribution >= 4 is 5.97 Å². The largest absolute Gasteiger partial charge is 0.493 e. The highest BCUT2D eigenvalue weighted by molar-refractivity contribution is 5.94. The molecule has 104 valence electrons. The van der Waals surface area contributed by atoms with Crippen molar-refractivity contribution in [1.29, 1.82) is 0 Å². The van der Waals surface area contributed by atoms with Crippen molar-refractivity contribution in [2.45, 2.75) is 0 Å². The van der Waals surface area contributed by atoms with Crippen LogP contribution < -0.4 is 9.47 Å². The molecule has 2 aromatic rings. The molecule has 0 spiro atoms. The van der Waals surface area contributed by atoms with E-state index >= 15 is 0 Å². The van der Waals surface area contributed by atoms with Gasteiger partial charge in [0, 0.05) is 0 Å². The Morgan fingerprint density at radius 3 is 2.40 bits per heavy atom. The van der Waals surface area contributed by atoms with Crippen LogP contribution in [0.4, 0.5) is 4.39 Å². The van der Waals surface area contributed by atoms with Crippen LogP contribution in [0.25, 0.3) is 11.1 Å². The molecule has 0 aliphatic heterocycles. The predicted octanol–water partition coefficient (Wildman–Crippen LogP) is 3.21. The molecule has 0 aromatic heterocycles. The molecule has 4 nitrogen and oxygen atoms in total. The van der Waals surface area contributed by atoms with Crippen molar-refractivity contribution in [3.63, 3.8) is 0 Å². The summed E-state index contributed by atoms with van der Waals surface area (Å²) in [4.78, 5) is 11.3. The van der Waals surface area contributed by atoms with Crippen LogP contribution in [-0.4, -0.2) is 25.3 Å². The van der Waals surface area contributed by atoms with E-state index in [-0.39, 0.29) is 17.1 Å². The van der Waals surface area contributed by atoms with Crippen molar-refractivity contribution in [3.05, 3.63) is 47.8 Å². The van der Waals surface area contributed by atoms with Gasteiger partial charge in [-0.15, -0.1) is 0 Å². The Hall–Kier alpha value is -2.56. The summed E-state index contributed by atoms with van der Waals surface area (Å²) in [6.07, 6.45) is 0. The normalized spacial score (nSPS) is 10.2. The Balaban J connectivity index is 2.66. The van der Waals surface area contributed by atoms with E-state index in [2.05, 4.69) is 0 Å². The third-order valence-corrected chi connectivity index (χ3v) is 2.87. The molecule has 0 aliphatic carbocycles. The zero-order valence-electron chi connectivity index (χ0n) is 11.0. The fourth-order valence-corrected chi connectivity index (χ4v) is 1.96. The lowest BCUT2D eigenvalue weighted by molar-refractivity contribution is 0.0692. The molecule has 0 heterocycles. The number of benzene rings is 2. The highest BCUT2D eigenvalue weighted by atomic mass is 19.1. The van der Waals surface area contributed by atoms with Crippen LogP contribution in [0.3, 0.4) is 0 Å². The van der Waals surface area contributed by atoms with Gasteiger partial charge in [0.2, 0.25) is 0 Å². The fraction of sp³-hybridized carbons (Fsp3) is 0.133. The first-order valence-electron chi connectivity index (χ1n) is 5.82. The third kappa shape index (κ3) is 2.56. The van der Waals surface area contributed by atoms with Gasteiger partial charge in [-0.2, -0.15) is 0 Å². The molecule has 2 aromatic carbocycles. The van der Waals surface area contributed by atoms with E-state index in [1.807, 2.05) is 0 Å². The van der Waals surface area contributed by atoms with Gasteiger partial charge >= 0.3 is 5.97 Å². The summed E-state index contributed by atoms with van der Waals surface area (Å²) in [7, 11) is 2.78. The first-order chi connectivity index (χ1) is 9.56. The van der Waals surface area contributed by atoms with Crippen molar-refractivity contribution in [3.8, 4) is 22.6 Å². The van der Waals surface area contributed by atoms with Crippen molar-refractivity contribution in [2.75, 3.05) is 14.2 Å². The maximum atomic E-state index is 13.3. The summed E-state index contributed by atoms with van der Waals surface area (Å²) in [5, 5.41) is 9.23. The van der Waals surface area contributed by atoms with Gasteiger partial charge in [0.25, 0.3) is 0 Å². The van der Waals surface area contributed by atoms with E-state index in [4.69, 9.17) is 9.47 Å². The van der Waals surface area contributed by atoms with Gasteiger partial charge in [0.15, 0.2) is 11.5 Å². The molecule has 0 bridgehead atoms. The van der Waals surface area contributed by atoms with Crippen molar-refractivity contribution < 1.29 is 23.8 Å². The Kier molecular flexibility index (Phi) is 3.89. The summed E-state index contributed by atoms with van der Waals surface area (Å²) in [6.45, 7) is 0. The summed E-state index contributed by atoms with van der Waals surface area (Å²) in [5.74, 6) is -1.11. The molecule has 1 N–H and O–H groups in total. The molecule has 0 radical (unpaired) electrons. The number of carboxylic acid groups (broad SMARTS) is 1. The molecule has 0 unspecified atom stereocenters. The standard InChI is InChI=1S/C15H13FO4/c1-19-13-8-10(9-4-3-5-11(16)6-9)7-12(15(17)18)14(13)20-2/h3-8H,1-2H3,(H,17,18). The number of aromatic carboxylic acids is 1. The zero-order valence-corrected chi connectivity index (χ0v) is 11.0. The quantitative estimate of drug-likeness (QED) is 0.931. The molecule has 0 saturated heterocycles. The lowest BCUT2D eigenvalue weighted by Gasteiger charge is -2.13. The van der Waals surface area contributed by atoms with Gasteiger partial charge in [-0.3, -0.25) is 0 Å². The van der Waals surface area contributed by atoms with E-state index in [0.717, 1.165) is 0 Å². The average molecular weight is 276 g/mol. The molecular weight excluding hydrogens is 263 g/mol. The molecule has 0 saturated carbocycles. The average Bonchev–Trinajstić information content (AvgIpc) is 2.45. The number of hydrogen-bond donors (Lipinski definition) is 1. The maximum Gasteiger partial charge on any atom is 0.339 e. The van der Waals surface area contributed by atoms with Gasteiger partial charge in [-0.25, -0.2) is 9.18 Å². The van der Waals surface area contributed by atoms with Gasteiger partial charge in [0.05, 0.1) is 14.2 Å². The zero-order chi connectivity index (χ0) is 14.7. The topological polar surface area (TPSA) is 55.8 Å². The highest BCUT2D eigenvalue weighted by Crippen LogP contribution is 2.36. The molecule has 0 atom stereocenters. The van der Waals surface area contributed by atoms with Gasteiger partial charge in [-0.1, -0.05) is 12.1 Å². The van der Waals surface area contributed by atoms with Gasteiger partial charge < -0.3 is 14.6 Å². The Bertz CT molecular complexity index is 652. The van der Waals surface area contributed by atoms with Crippen LogP contribution in [0, 0.1) is 5.82 Å². The Labute approximate surface area is 115 Å². The van der Waals surface area contributed by atoms with E-state index in [1.165, 1.54) is 32.4 Å². The molecule has 5 heteroatoms. The van der Waals surface area contributed by atoms with Gasteiger partial charge in [0.1, 0.15) is 11.4 Å². The SMILES string of the molecule is COc1cc(-c2cccc(F)c2)cc(C(=O)O)c1OC. The summed E-state index contributed by atoms with van der Waals surface area (Å²) in [6, 6.07) is 8.94. The lowest BCUT2D eigenvalue weighted by atomic mass is 10.0. The molecule has 20 heavy (non-hydrogen) atoms. The second kappa shape index (κ2) is 5.61. The Morgan fingerprint density at radius 1 is 1.10 bits per heavy atom. The van der Waals surface area contributed by atoms with Crippen LogP contribution in [0.2, 0.25) is 0 Å². The first kappa shape index (κ1) is 13.9. The van der Waals surface area contributed by atoms with Crippen LogP contribution in [0.1, 0.15) is 10.4 Å². The van der Waals surface area contributed by atoms with Crippen molar-refractivity contribution in [2.24, 2.45) is 0 Å². The fourth-order valence-electron chi connectivity index (χ4n) is 1.96. The van der Waals surface area contributed by atoms with Crippen LogP contribution in [0.5, 0.6) is 11.5 Å². The summed E-state index contributed by atoms with van der Waals surface area (Å²) < 4.78 is 23.5. The van der Waals surface area contributed by atoms with E-state index in [9.17, 15) is 14.3 Å². The first-order valence-corrected chi connectivity index (χ1v) is 5.82. The van der Waals surface area contributed by atoms with E-state index in [0.29, 0.717) is 11.1 Å². The number of rotatable bonds is 4. The minimum Gasteiger partial charge on any atom is -0.493 e. The number of hydrogen-bond acceptors (Lipinski definition) is 3. The number of halogens is 1. The highest BCUT2D eigenvalue weighted by Gasteiger charge is 2.18. The third-order valence-electron chi connectivity index (χ3n) is 2.87. The van der Waals surface area contributed by atoms with E-state index in [1.54, 1.807) is 18.2 Å². The second-order valence-corrected chi connectivity index (χ2v) is 4.07. The minimum absolute atomic E-state index is 0.0360. The van der Waals surface area contributed by atoms with Crippen LogP contribution >= 0.6 is 0 Å². The summed E-state index contributed by atoms with van der Waals surface area (Å²) >= 11 is 0. The monoisotopic (exact) mass is 276 g/mol. The van der Waals surface area contributed by atoms with E-state index < -0.39 is 11.8 Å². The molecular formula is C15H13FO4. The molecule has 2 rings (SSSR count). The minimum atomic E-state index is -1.14.